The SMILES string of the molecule is CC(C)OCCCN1CCOC2(CCNCC2)C1. The molecular weight excluding hydrogens is 228 g/mol. The van der Waals surface area contributed by atoms with Crippen LogP contribution in [0.25, 0.3) is 0 Å². The van der Waals surface area contributed by atoms with Crippen LogP contribution in [0.5, 0.6) is 0 Å². The molecule has 4 nitrogen and oxygen atoms in total. The second-order valence-electron chi connectivity index (χ2n) is 5.83. The molecule has 0 unspecified atom stereocenters. The molecule has 2 saturated heterocycles. The van der Waals surface area contributed by atoms with E-state index in [9.17, 15) is 0 Å². The van der Waals surface area contributed by atoms with Crippen molar-refractivity contribution in [1.29, 1.82) is 0 Å². The molecule has 0 amide bonds. The number of piperidine rings is 1. The van der Waals surface area contributed by atoms with Crippen LogP contribution < -0.4 is 5.32 Å². The van der Waals surface area contributed by atoms with Gasteiger partial charge in [0.25, 0.3) is 0 Å². The first-order valence-electron chi connectivity index (χ1n) is 7.39. The second-order valence-corrected chi connectivity index (χ2v) is 5.83. The molecule has 2 aliphatic rings. The van der Waals surface area contributed by atoms with E-state index < -0.39 is 0 Å². The van der Waals surface area contributed by atoms with E-state index in [1.807, 2.05) is 0 Å². The van der Waals surface area contributed by atoms with E-state index in [0.717, 1.165) is 65.2 Å². The molecule has 2 rings (SSSR count). The van der Waals surface area contributed by atoms with Crippen molar-refractivity contribution in [1.82, 2.24) is 10.2 Å². The van der Waals surface area contributed by atoms with Crippen molar-refractivity contribution in [2.24, 2.45) is 0 Å². The Morgan fingerprint density at radius 1 is 1.33 bits per heavy atom. The largest absolute Gasteiger partial charge is 0.379 e. The van der Waals surface area contributed by atoms with Crippen molar-refractivity contribution in [2.45, 2.75) is 44.8 Å². The maximum absolute atomic E-state index is 6.07. The Bertz CT molecular complexity index is 234. The highest BCUT2D eigenvalue weighted by molar-refractivity contribution is 4.91. The number of ether oxygens (including phenoxy) is 2. The first kappa shape index (κ1) is 14.3. The summed E-state index contributed by atoms with van der Waals surface area (Å²) in [6.45, 7) is 11.5. The van der Waals surface area contributed by atoms with Crippen LogP contribution in [-0.4, -0.2) is 62.5 Å². The zero-order chi connectivity index (χ0) is 12.8. The average molecular weight is 256 g/mol. The lowest BCUT2D eigenvalue weighted by Crippen LogP contribution is -2.56. The highest BCUT2D eigenvalue weighted by Gasteiger charge is 2.37. The molecule has 0 aromatic heterocycles. The molecule has 0 bridgehead atoms. The van der Waals surface area contributed by atoms with Gasteiger partial charge in [-0.2, -0.15) is 0 Å². The average Bonchev–Trinajstić information content (AvgIpc) is 2.36. The predicted octanol–water partition coefficient (Wildman–Crippen LogP) is 1.26. The maximum Gasteiger partial charge on any atom is 0.0833 e. The second kappa shape index (κ2) is 6.85. The summed E-state index contributed by atoms with van der Waals surface area (Å²) < 4.78 is 11.7. The summed E-state index contributed by atoms with van der Waals surface area (Å²) in [5.41, 5.74) is 0.141. The van der Waals surface area contributed by atoms with Gasteiger partial charge in [0, 0.05) is 26.2 Å². The van der Waals surface area contributed by atoms with Crippen LogP contribution in [0.1, 0.15) is 33.1 Å². The van der Waals surface area contributed by atoms with E-state index in [1.165, 1.54) is 0 Å². The molecule has 106 valence electrons. The van der Waals surface area contributed by atoms with Gasteiger partial charge in [-0.05, 0) is 46.2 Å². The van der Waals surface area contributed by atoms with Gasteiger partial charge in [0.05, 0.1) is 18.3 Å². The van der Waals surface area contributed by atoms with E-state index in [2.05, 4.69) is 24.1 Å². The van der Waals surface area contributed by atoms with Crippen molar-refractivity contribution >= 4 is 0 Å². The van der Waals surface area contributed by atoms with E-state index in [1.54, 1.807) is 0 Å². The van der Waals surface area contributed by atoms with Crippen LogP contribution >= 0.6 is 0 Å². The van der Waals surface area contributed by atoms with Gasteiger partial charge in [-0.15, -0.1) is 0 Å². The van der Waals surface area contributed by atoms with E-state index in [0.29, 0.717) is 6.10 Å². The Morgan fingerprint density at radius 2 is 2.11 bits per heavy atom. The highest BCUT2D eigenvalue weighted by Crippen LogP contribution is 2.27. The van der Waals surface area contributed by atoms with Gasteiger partial charge in [-0.25, -0.2) is 0 Å². The number of morpholine rings is 1. The molecule has 2 heterocycles. The van der Waals surface area contributed by atoms with Crippen LogP contribution in [0, 0.1) is 0 Å². The van der Waals surface area contributed by atoms with Gasteiger partial charge in [0.1, 0.15) is 0 Å². The Balaban J connectivity index is 1.69. The third kappa shape index (κ3) is 4.19. The third-order valence-electron chi connectivity index (χ3n) is 3.91. The lowest BCUT2D eigenvalue weighted by molar-refractivity contribution is -0.124. The molecule has 18 heavy (non-hydrogen) atoms. The molecule has 4 heteroatoms. The van der Waals surface area contributed by atoms with Crippen LogP contribution in [0.2, 0.25) is 0 Å². The van der Waals surface area contributed by atoms with Crippen LogP contribution in [0.15, 0.2) is 0 Å². The molecule has 2 fully saturated rings. The van der Waals surface area contributed by atoms with Crippen molar-refractivity contribution in [3.8, 4) is 0 Å². The van der Waals surface area contributed by atoms with Gasteiger partial charge in [0.15, 0.2) is 0 Å². The number of nitrogens with one attached hydrogen (secondary N) is 1. The molecule has 1 spiro atoms. The standard InChI is InChI=1S/C14H28N2O2/c1-13(2)17-10-3-8-16-9-11-18-14(12-16)4-6-15-7-5-14/h13,15H,3-12H2,1-2H3. The fourth-order valence-corrected chi connectivity index (χ4v) is 2.91. The zero-order valence-electron chi connectivity index (χ0n) is 11.9. The predicted molar refractivity (Wildman–Crippen MR) is 72.9 cm³/mol. The smallest absolute Gasteiger partial charge is 0.0833 e. The summed E-state index contributed by atoms with van der Waals surface area (Å²) in [7, 11) is 0. The van der Waals surface area contributed by atoms with Gasteiger partial charge >= 0.3 is 0 Å². The normalized spacial score (nSPS) is 24.8. The molecule has 0 saturated carbocycles. The Kier molecular flexibility index (Phi) is 5.42. The van der Waals surface area contributed by atoms with Crippen molar-refractivity contribution in [3.63, 3.8) is 0 Å². The van der Waals surface area contributed by atoms with Gasteiger partial charge in [-0.3, -0.25) is 4.90 Å². The quantitative estimate of drug-likeness (QED) is 0.751. The zero-order valence-corrected chi connectivity index (χ0v) is 11.9. The topological polar surface area (TPSA) is 33.7 Å². The van der Waals surface area contributed by atoms with Crippen LogP contribution in [0.4, 0.5) is 0 Å². The monoisotopic (exact) mass is 256 g/mol. The van der Waals surface area contributed by atoms with Crippen LogP contribution in [0.3, 0.4) is 0 Å². The fraction of sp³-hybridized carbons (Fsp3) is 1.00. The van der Waals surface area contributed by atoms with Crippen molar-refractivity contribution in [3.05, 3.63) is 0 Å². The first-order valence-corrected chi connectivity index (χ1v) is 7.39. The maximum atomic E-state index is 6.07. The molecule has 0 radical (unpaired) electrons. The number of nitrogens with zero attached hydrogens (tertiary/aromatic N) is 1. The molecule has 0 aromatic rings. The summed E-state index contributed by atoms with van der Waals surface area (Å²) in [5, 5.41) is 3.42. The lowest BCUT2D eigenvalue weighted by Gasteiger charge is -2.45. The number of rotatable bonds is 5. The summed E-state index contributed by atoms with van der Waals surface area (Å²) in [6.07, 6.45) is 3.80. The van der Waals surface area contributed by atoms with E-state index in [4.69, 9.17) is 9.47 Å². The Hall–Kier alpha value is -0.160. The molecule has 0 atom stereocenters. The minimum Gasteiger partial charge on any atom is -0.379 e. The first-order chi connectivity index (χ1) is 8.70. The summed E-state index contributed by atoms with van der Waals surface area (Å²) in [5.74, 6) is 0. The van der Waals surface area contributed by atoms with Gasteiger partial charge in [0.2, 0.25) is 0 Å². The van der Waals surface area contributed by atoms with Crippen LogP contribution in [-0.2, 0) is 9.47 Å². The van der Waals surface area contributed by atoms with E-state index >= 15 is 0 Å². The Labute approximate surface area is 111 Å². The summed E-state index contributed by atoms with van der Waals surface area (Å²) in [6, 6.07) is 0. The summed E-state index contributed by atoms with van der Waals surface area (Å²) in [4.78, 5) is 2.55. The Morgan fingerprint density at radius 3 is 2.83 bits per heavy atom. The molecule has 1 N–H and O–H groups in total. The minimum atomic E-state index is 0.141. The fourth-order valence-electron chi connectivity index (χ4n) is 2.91. The van der Waals surface area contributed by atoms with Gasteiger partial charge < -0.3 is 14.8 Å². The molecule has 2 aliphatic heterocycles. The minimum absolute atomic E-state index is 0.141. The lowest BCUT2D eigenvalue weighted by atomic mass is 9.90. The molecular formula is C14H28N2O2. The van der Waals surface area contributed by atoms with Crippen molar-refractivity contribution < 1.29 is 9.47 Å². The molecule has 0 aromatic carbocycles. The molecule has 0 aliphatic carbocycles. The van der Waals surface area contributed by atoms with Gasteiger partial charge in [-0.1, -0.05) is 0 Å². The third-order valence-corrected chi connectivity index (χ3v) is 3.91. The highest BCUT2D eigenvalue weighted by atomic mass is 16.5. The van der Waals surface area contributed by atoms with Crippen molar-refractivity contribution in [2.75, 3.05) is 45.9 Å². The number of hydrogen-bond donors (Lipinski definition) is 1. The number of hydrogen-bond acceptors (Lipinski definition) is 4. The van der Waals surface area contributed by atoms with E-state index in [-0.39, 0.29) is 5.60 Å². The summed E-state index contributed by atoms with van der Waals surface area (Å²) >= 11 is 0.